The van der Waals surface area contributed by atoms with Crippen molar-refractivity contribution in [3.05, 3.63) is 46.2 Å². The molecule has 0 fully saturated rings. The summed E-state index contributed by atoms with van der Waals surface area (Å²) < 4.78 is 1.47. The van der Waals surface area contributed by atoms with Crippen LogP contribution in [-0.2, 0) is 11.8 Å². The number of carbonyl (C=O) groups excluding carboxylic acids is 1. The van der Waals surface area contributed by atoms with Gasteiger partial charge in [0.15, 0.2) is 0 Å². The molecule has 0 bridgehead atoms. The molecule has 1 amide bonds. The molecule has 0 aliphatic heterocycles. The number of nitrogens with one attached hydrogen (secondary N) is 1. The van der Waals surface area contributed by atoms with Crippen molar-refractivity contribution >= 4 is 22.8 Å². The molecule has 0 aliphatic carbocycles. The van der Waals surface area contributed by atoms with Gasteiger partial charge in [0.25, 0.3) is 11.5 Å². The van der Waals surface area contributed by atoms with Gasteiger partial charge in [-0.1, -0.05) is 18.2 Å². The lowest BCUT2D eigenvalue weighted by molar-refractivity contribution is -0.146. The molecule has 2 rings (SSSR count). The number of benzene rings is 1. The smallest absolute Gasteiger partial charge is 0.310 e. The standard InChI is InChI=1S/C16H18N2O4/c1-16(2,15(21)22)9-17-14(20)11-8-13(19)18(3)12-7-5-4-6-10(11)12/h4-8H,9H2,1-3H3,(H,17,20)(H,21,22). The third kappa shape index (κ3) is 2.86. The molecular formula is C16H18N2O4. The third-order valence-electron chi connectivity index (χ3n) is 3.67. The number of nitrogens with zero attached hydrogens (tertiary/aromatic N) is 1. The Balaban J connectivity index is 2.39. The fourth-order valence-corrected chi connectivity index (χ4v) is 2.07. The summed E-state index contributed by atoms with van der Waals surface area (Å²) in [5.74, 6) is -1.45. The summed E-state index contributed by atoms with van der Waals surface area (Å²) in [6.07, 6.45) is 0. The maximum Gasteiger partial charge on any atom is 0.310 e. The molecule has 0 atom stereocenters. The molecule has 6 heteroatoms. The second kappa shape index (κ2) is 5.63. The van der Waals surface area contributed by atoms with Crippen molar-refractivity contribution in [2.24, 2.45) is 12.5 Å². The molecule has 0 aliphatic rings. The first-order valence-electron chi connectivity index (χ1n) is 6.84. The van der Waals surface area contributed by atoms with Crippen LogP contribution < -0.4 is 10.9 Å². The van der Waals surface area contributed by atoms with Crippen LogP contribution in [0.25, 0.3) is 10.9 Å². The number of hydrogen-bond donors (Lipinski definition) is 2. The fourth-order valence-electron chi connectivity index (χ4n) is 2.07. The van der Waals surface area contributed by atoms with E-state index in [-0.39, 0.29) is 17.7 Å². The van der Waals surface area contributed by atoms with E-state index in [0.717, 1.165) is 0 Å². The number of para-hydroxylation sites is 1. The van der Waals surface area contributed by atoms with Gasteiger partial charge >= 0.3 is 5.97 Å². The summed E-state index contributed by atoms with van der Waals surface area (Å²) in [5, 5.41) is 12.3. The number of aryl methyl sites for hydroxylation is 1. The van der Waals surface area contributed by atoms with E-state index in [1.54, 1.807) is 31.3 Å². The zero-order chi connectivity index (χ0) is 16.5. The van der Waals surface area contributed by atoms with E-state index < -0.39 is 17.3 Å². The number of fused-ring (bicyclic) bond motifs is 1. The summed E-state index contributed by atoms with van der Waals surface area (Å²) in [6.45, 7) is 3.03. The number of carbonyl (C=O) groups is 2. The van der Waals surface area contributed by atoms with Crippen molar-refractivity contribution in [3.8, 4) is 0 Å². The Morgan fingerprint density at radius 1 is 1.27 bits per heavy atom. The van der Waals surface area contributed by atoms with Gasteiger partial charge < -0.3 is 15.0 Å². The van der Waals surface area contributed by atoms with Gasteiger partial charge in [0.1, 0.15) is 0 Å². The lowest BCUT2D eigenvalue weighted by Crippen LogP contribution is -2.39. The van der Waals surface area contributed by atoms with Crippen LogP contribution in [0.3, 0.4) is 0 Å². The Hall–Kier alpha value is -2.63. The molecule has 1 aromatic carbocycles. The second-order valence-corrected chi connectivity index (χ2v) is 5.84. The minimum Gasteiger partial charge on any atom is -0.481 e. The van der Waals surface area contributed by atoms with E-state index in [4.69, 9.17) is 5.11 Å². The van der Waals surface area contributed by atoms with Gasteiger partial charge in [-0.05, 0) is 19.9 Å². The summed E-state index contributed by atoms with van der Waals surface area (Å²) in [5.41, 5.74) is -0.468. The van der Waals surface area contributed by atoms with E-state index in [9.17, 15) is 14.4 Å². The van der Waals surface area contributed by atoms with E-state index in [0.29, 0.717) is 10.9 Å². The van der Waals surface area contributed by atoms with Gasteiger partial charge in [-0.25, -0.2) is 0 Å². The summed E-state index contributed by atoms with van der Waals surface area (Å²) in [7, 11) is 1.64. The molecular weight excluding hydrogens is 284 g/mol. The van der Waals surface area contributed by atoms with E-state index in [2.05, 4.69) is 5.32 Å². The lowest BCUT2D eigenvalue weighted by Gasteiger charge is -2.19. The zero-order valence-corrected chi connectivity index (χ0v) is 12.7. The van der Waals surface area contributed by atoms with Crippen LogP contribution in [0.2, 0.25) is 0 Å². The number of carboxylic acid groups (broad SMARTS) is 1. The molecule has 1 aromatic heterocycles. The number of carboxylic acids is 1. The molecule has 116 valence electrons. The van der Waals surface area contributed by atoms with Crippen LogP contribution in [0.5, 0.6) is 0 Å². The van der Waals surface area contributed by atoms with Crippen LogP contribution >= 0.6 is 0 Å². The van der Waals surface area contributed by atoms with E-state index in [1.807, 2.05) is 0 Å². The fraction of sp³-hybridized carbons (Fsp3) is 0.312. The van der Waals surface area contributed by atoms with Crippen molar-refractivity contribution in [1.29, 1.82) is 0 Å². The highest BCUT2D eigenvalue weighted by Crippen LogP contribution is 2.17. The van der Waals surface area contributed by atoms with Crippen LogP contribution in [0.1, 0.15) is 24.2 Å². The van der Waals surface area contributed by atoms with Gasteiger partial charge in [0, 0.05) is 25.0 Å². The van der Waals surface area contributed by atoms with Crippen LogP contribution in [-0.4, -0.2) is 28.1 Å². The molecule has 0 saturated heterocycles. The first-order chi connectivity index (χ1) is 10.2. The normalized spacial score (nSPS) is 11.4. The van der Waals surface area contributed by atoms with Crippen LogP contribution in [0.15, 0.2) is 35.1 Å². The first kappa shape index (κ1) is 15.8. The highest BCUT2D eigenvalue weighted by Gasteiger charge is 2.28. The van der Waals surface area contributed by atoms with Crippen LogP contribution in [0.4, 0.5) is 0 Å². The van der Waals surface area contributed by atoms with E-state index in [1.165, 1.54) is 24.5 Å². The maximum absolute atomic E-state index is 12.3. The number of rotatable bonds is 4. The van der Waals surface area contributed by atoms with Gasteiger partial charge in [-0.3, -0.25) is 14.4 Å². The quantitative estimate of drug-likeness (QED) is 0.893. The Morgan fingerprint density at radius 3 is 2.55 bits per heavy atom. The SMILES string of the molecule is Cn1c(=O)cc(C(=O)NCC(C)(C)C(=O)O)c2ccccc21. The average Bonchev–Trinajstić information content (AvgIpc) is 2.48. The Kier molecular flexibility index (Phi) is 4.03. The van der Waals surface area contributed by atoms with Crippen molar-refractivity contribution in [3.63, 3.8) is 0 Å². The lowest BCUT2D eigenvalue weighted by atomic mass is 9.94. The van der Waals surface area contributed by atoms with Gasteiger partial charge in [0.05, 0.1) is 16.5 Å². The molecule has 22 heavy (non-hydrogen) atoms. The Labute approximate surface area is 127 Å². The number of hydrogen-bond acceptors (Lipinski definition) is 3. The highest BCUT2D eigenvalue weighted by atomic mass is 16.4. The van der Waals surface area contributed by atoms with E-state index >= 15 is 0 Å². The third-order valence-corrected chi connectivity index (χ3v) is 3.67. The molecule has 0 saturated carbocycles. The van der Waals surface area contributed by atoms with Gasteiger partial charge in [0.2, 0.25) is 0 Å². The molecule has 2 N–H and O–H groups in total. The monoisotopic (exact) mass is 302 g/mol. The topological polar surface area (TPSA) is 88.4 Å². The van der Waals surface area contributed by atoms with Crippen molar-refractivity contribution in [2.45, 2.75) is 13.8 Å². The molecule has 6 nitrogen and oxygen atoms in total. The van der Waals surface area contributed by atoms with Crippen molar-refractivity contribution in [1.82, 2.24) is 9.88 Å². The number of aliphatic carboxylic acids is 1. The maximum atomic E-state index is 12.3. The zero-order valence-electron chi connectivity index (χ0n) is 12.7. The number of amides is 1. The van der Waals surface area contributed by atoms with Crippen molar-refractivity contribution in [2.75, 3.05) is 6.54 Å². The molecule has 0 unspecified atom stereocenters. The summed E-state index contributed by atoms with van der Waals surface area (Å²) in [6, 6.07) is 8.36. The predicted molar refractivity (Wildman–Crippen MR) is 82.9 cm³/mol. The summed E-state index contributed by atoms with van der Waals surface area (Å²) >= 11 is 0. The predicted octanol–water partition coefficient (Wildman–Crippen LogP) is 1.38. The number of pyridine rings is 1. The van der Waals surface area contributed by atoms with Crippen LogP contribution in [0, 0.1) is 5.41 Å². The van der Waals surface area contributed by atoms with Crippen molar-refractivity contribution < 1.29 is 14.7 Å². The molecule has 0 radical (unpaired) electrons. The minimum atomic E-state index is -1.08. The second-order valence-electron chi connectivity index (χ2n) is 5.84. The summed E-state index contributed by atoms with van der Waals surface area (Å²) in [4.78, 5) is 35.4. The Bertz CT molecular complexity index is 805. The Morgan fingerprint density at radius 2 is 1.91 bits per heavy atom. The number of aromatic nitrogens is 1. The largest absolute Gasteiger partial charge is 0.481 e. The molecule has 1 heterocycles. The van der Waals surface area contributed by atoms with Gasteiger partial charge in [-0.15, -0.1) is 0 Å². The molecule has 2 aromatic rings. The van der Waals surface area contributed by atoms with Gasteiger partial charge in [-0.2, -0.15) is 0 Å². The first-order valence-corrected chi connectivity index (χ1v) is 6.84. The molecule has 0 spiro atoms. The highest BCUT2D eigenvalue weighted by molar-refractivity contribution is 6.06. The average molecular weight is 302 g/mol. The minimum absolute atomic E-state index is 0.0231.